The van der Waals surface area contributed by atoms with Crippen LogP contribution in [-0.4, -0.2) is 62.7 Å². The van der Waals surface area contributed by atoms with Crippen molar-refractivity contribution in [3.8, 4) is 0 Å². The third kappa shape index (κ3) is 6.29. The minimum absolute atomic E-state index is 0.159. The Morgan fingerprint density at radius 3 is 3.12 bits per heavy atom. The van der Waals surface area contributed by atoms with Gasteiger partial charge < -0.3 is 15.0 Å². The van der Waals surface area contributed by atoms with Crippen LogP contribution in [-0.2, 0) is 9.53 Å². The van der Waals surface area contributed by atoms with E-state index in [9.17, 15) is 4.79 Å². The standard InChI is InChI=1S/C12H24N2O2S/c1-16-7-6-14-5-3-4-11(9-14)8-13-12(15)10-17-2/h11H,3-10H2,1-2H3,(H,13,15)/t11-/m1/s1. The van der Waals surface area contributed by atoms with E-state index in [0.29, 0.717) is 11.7 Å². The van der Waals surface area contributed by atoms with Gasteiger partial charge in [0.05, 0.1) is 12.4 Å². The molecule has 0 aromatic rings. The molecule has 0 unspecified atom stereocenters. The van der Waals surface area contributed by atoms with E-state index in [1.54, 1.807) is 18.9 Å². The van der Waals surface area contributed by atoms with Crippen molar-refractivity contribution in [2.45, 2.75) is 12.8 Å². The molecule has 0 spiro atoms. The number of nitrogens with zero attached hydrogens (tertiary/aromatic N) is 1. The zero-order chi connectivity index (χ0) is 12.5. The summed E-state index contributed by atoms with van der Waals surface area (Å²) in [6.07, 6.45) is 4.41. The fraction of sp³-hybridized carbons (Fsp3) is 0.917. The summed E-state index contributed by atoms with van der Waals surface area (Å²) in [4.78, 5) is 13.8. The lowest BCUT2D eigenvalue weighted by molar-refractivity contribution is -0.118. The Morgan fingerprint density at radius 1 is 1.59 bits per heavy atom. The molecule has 17 heavy (non-hydrogen) atoms. The molecular formula is C12H24N2O2S. The van der Waals surface area contributed by atoms with E-state index < -0.39 is 0 Å². The minimum atomic E-state index is 0.159. The summed E-state index contributed by atoms with van der Waals surface area (Å²) in [6, 6.07) is 0. The van der Waals surface area contributed by atoms with Gasteiger partial charge in [-0.3, -0.25) is 4.79 Å². The third-order valence-electron chi connectivity index (χ3n) is 3.08. The number of rotatable bonds is 7. The second-order valence-corrected chi connectivity index (χ2v) is 5.40. The van der Waals surface area contributed by atoms with Gasteiger partial charge in [-0.2, -0.15) is 11.8 Å². The molecule has 1 saturated heterocycles. The molecule has 1 N–H and O–H groups in total. The van der Waals surface area contributed by atoms with Crippen molar-refractivity contribution in [1.29, 1.82) is 0 Å². The number of hydrogen-bond donors (Lipinski definition) is 1. The molecule has 1 rings (SSSR count). The first-order valence-electron chi connectivity index (χ1n) is 6.23. The van der Waals surface area contributed by atoms with E-state index in [-0.39, 0.29) is 5.91 Å². The molecule has 5 heteroatoms. The summed E-state index contributed by atoms with van der Waals surface area (Å²) in [6.45, 7) is 4.88. The number of ether oxygens (including phenoxy) is 1. The molecule has 1 aliphatic rings. The first-order chi connectivity index (χ1) is 8.26. The topological polar surface area (TPSA) is 41.6 Å². The zero-order valence-electron chi connectivity index (χ0n) is 10.9. The Kier molecular flexibility index (Phi) is 7.64. The van der Waals surface area contributed by atoms with Crippen LogP contribution in [0.15, 0.2) is 0 Å². The highest BCUT2D eigenvalue weighted by atomic mass is 32.2. The lowest BCUT2D eigenvalue weighted by atomic mass is 9.98. The van der Waals surface area contributed by atoms with Crippen LogP contribution in [0.2, 0.25) is 0 Å². The Morgan fingerprint density at radius 2 is 2.41 bits per heavy atom. The second kappa shape index (κ2) is 8.78. The summed E-state index contributed by atoms with van der Waals surface area (Å²) in [5.41, 5.74) is 0. The van der Waals surface area contributed by atoms with Gasteiger partial charge in [0.1, 0.15) is 0 Å². The minimum Gasteiger partial charge on any atom is -0.383 e. The van der Waals surface area contributed by atoms with Gasteiger partial charge in [-0.1, -0.05) is 0 Å². The Hall–Kier alpha value is -0.260. The largest absolute Gasteiger partial charge is 0.383 e. The van der Waals surface area contributed by atoms with Crippen LogP contribution in [0.1, 0.15) is 12.8 Å². The van der Waals surface area contributed by atoms with Gasteiger partial charge in [-0.05, 0) is 31.6 Å². The summed E-state index contributed by atoms with van der Waals surface area (Å²) >= 11 is 1.57. The molecule has 0 bridgehead atoms. The number of likely N-dealkylation sites (tertiary alicyclic amines) is 1. The third-order valence-corrected chi connectivity index (χ3v) is 3.63. The van der Waals surface area contributed by atoms with E-state index in [1.165, 1.54) is 19.4 Å². The molecule has 1 amide bonds. The Balaban J connectivity index is 2.17. The molecule has 0 radical (unpaired) electrons. The van der Waals surface area contributed by atoms with Crippen molar-refractivity contribution in [1.82, 2.24) is 10.2 Å². The number of carbonyl (C=O) groups is 1. The number of methoxy groups -OCH3 is 1. The van der Waals surface area contributed by atoms with Gasteiger partial charge in [0.15, 0.2) is 0 Å². The van der Waals surface area contributed by atoms with Gasteiger partial charge in [-0.25, -0.2) is 0 Å². The smallest absolute Gasteiger partial charge is 0.229 e. The molecule has 0 aromatic heterocycles. The quantitative estimate of drug-likeness (QED) is 0.736. The SMILES string of the molecule is COCCN1CCC[C@H](CNC(=O)CSC)C1. The predicted octanol–water partition coefficient (Wildman–Crippen LogP) is 0.824. The van der Waals surface area contributed by atoms with Gasteiger partial charge in [0.2, 0.25) is 5.91 Å². The van der Waals surface area contributed by atoms with E-state index in [2.05, 4.69) is 10.2 Å². The maximum absolute atomic E-state index is 11.4. The monoisotopic (exact) mass is 260 g/mol. The molecule has 0 saturated carbocycles. The molecule has 1 atom stereocenters. The average Bonchev–Trinajstić information content (AvgIpc) is 2.35. The zero-order valence-corrected chi connectivity index (χ0v) is 11.7. The first kappa shape index (κ1) is 14.8. The van der Waals surface area contributed by atoms with E-state index in [1.807, 2.05) is 6.26 Å². The molecule has 1 heterocycles. The predicted molar refractivity (Wildman–Crippen MR) is 72.4 cm³/mol. The van der Waals surface area contributed by atoms with Crippen molar-refractivity contribution in [2.24, 2.45) is 5.92 Å². The van der Waals surface area contributed by atoms with Crippen LogP contribution in [0.3, 0.4) is 0 Å². The lowest BCUT2D eigenvalue weighted by Gasteiger charge is -2.32. The number of carbonyl (C=O) groups excluding carboxylic acids is 1. The fourth-order valence-electron chi connectivity index (χ4n) is 2.18. The first-order valence-corrected chi connectivity index (χ1v) is 7.62. The summed E-state index contributed by atoms with van der Waals surface area (Å²) in [5, 5.41) is 3.01. The van der Waals surface area contributed by atoms with Crippen LogP contribution in [0.5, 0.6) is 0 Å². The van der Waals surface area contributed by atoms with Gasteiger partial charge in [0.25, 0.3) is 0 Å². The lowest BCUT2D eigenvalue weighted by Crippen LogP contribution is -2.42. The van der Waals surface area contributed by atoms with Gasteiger partial charge in [0, 0.05) is 26.7 Å². The Labute approximate surface area is 108 Å². The Bertz CT molecular complexity index is 227. The second-order valence-electron chi connectivity index (χ2n) is 4.54. The highest BCUT2D eigenvalue weighted by Crippen LogP contribution is 2.15. The van der Waals surface area contributed by atoms with Gasteiger partial charge in [-0.15, -0.1) is 0 Å². The van der Waals surface area contributed by atoms with E-state index >= 15 is 0 Å². The number of thioether (sulfide) groups is 1. The summed E-state index contributed by atoms with van der Waals surface area (Å²) < 4.78 is 5.10. The van der Waals surface area contributed by atoms with Crippen LogP contribution in [0.25, 0.3) is 0 Å². The van der Waals surface area contributed by atoms with E-state index in [4.69, 9.17) is 4.74 Å². The highest BCUT2D eigenvalue weighted by Gasteiger charge is 2.19. The molecular weight excluding hydrogens is 236 g/mol. The summed E-state index contributed by atoms with van der Waals surface area (Å²) in [7, 11) is 1.74. The van der Waals surface area contributed by atoms with Gasteiger partial charge >= 0.3 is 0 Å². The number of piperidine rings is 1. The molecule has 0 aliphatic carbocycles. The van der Waals surface area contributed by atoms with Crippen molar-refractivity contribution in [3.63, 3.8) is 0 Å². The molecule has 100 valence electrons. The van der Waals surface area contributed by atoms with E-state index in [0.717, 1.165) is 26.2 Å². The summed E-state index contributed by atoms with van der Waals surface area (Å²) in [5.74, 6) is 1.33. The average molecular weight is 260 g/mol. The molecule has 1 aliphatic heterocycles. The van der Waals surface area contributed by atoms with Crippen molar-refractivity contribution in [3.05, 3.63) is 0 Å². The fourth-order valence-corrected chi connectivity index (χ4v) is 2.55. The molecule has 0 aromatic carbocycles. The molecule has 4 nitrogen and oxygen atoms in total. The normalized spacial score (nSPS) is 21.4. The van der Waals surface area contributed by atoms with Crippen LogP contribution in [0.4, 0.5) is 0 Å². The number of amides is 1. The molecule has 1 fully saturated rings. The number of hydrogen-bond acceptors (Lipinski definition) is 4. The highest BCUT2D eigenvalue weighted by molar-refractivity contribution is 7.99. The van der Waals surface area contributed by atoms with Crippen LogP contribution >= 0.6 is 11.8 Å². The van der Waals surface area contributed by atoms with Crippen LogP contribution in [0, 0.1) is 5.92 Å². The van der Waals surface area contributed by atoms with Crippen LogP contribution < -0.4 is 5.32 Å². The van der Waals surface area contributed by atoms with Crippen molar-refractivity contribution < 1.29 is 9.53 Å². The maximum Gasteiger partial charge on any atom is 0.229 e. The maximum atomic E-state index is 11.4. The van der Waals surface area contributed by atoms with Crippen molar-refractivity contribution >= 4 is 17.7 Å². The number of nitrogens with one attached hydrogen (secondary N) is 1. The van der Waals surface area contributed by atoms with Crippen molar-refractivity contribution in [2.75, 3.05) is 51.9 Å².